The zero-order valence-electron chi connectivity index (χ0n) is 14.6. The smallest absolute Gasteiger partial charge is 0.248 e. The van der Waals surface area contributed by atoms with Crippen molar-refractivity contribution in [2.75, 3.05) is 6.54 Å². The number of rotatable bonds is 7. The van der Waals surface area contributed by atoms with Crippen LogP contribution in [-0.2, 0) is 21.4 Å². The van der Waals surface area contributed by atoms with Crippen molar-refractivity contribution in [3.05, 3.63) is 64.3 Å². The van der Waals surface area contributed by atoms with Crippen LogP contribution in [0.3, 0.4) is 0 Å². The van der Waals surface area contributed by atoms with Gasteiger partial charge < -0.3 is 14.7 Å². The van der Waals surface area contributed by atoms with Crippen molar-refractivity contribution < 1.29 is 17.6 Å². The van der Waals surface area contributed by atoms with Gasteiger partial charge in [0.25, 0.3) is 0 Å². The number of sulfonamides is 1. The van der Waals surface area contributed by atoms with Crippen LogP contribution in [0.5, 0.6) is 0 Å². The lowest BCUT2D eigenvalue weighted by molar-refractivity contribution is -0.121. The van der Waals surface area contributed by atoms with Crippen molar-refractivity contribution >= 4 is 26.8 Å². The van der Waals surface area contributed by atoms with E-state index >= 15 is 0 Å². The van der Waals surface area contributed by atoms with E-state index in [2.05, 4.69) is 15.0 Å². The largest absolute Gasteiger partial charge is 0.465 e. The SMILES string of the molecule is Cc1ccc(CNC(=O)CCNS(=O)(=O)c2ccc3[nH]c(=O)ccc3c2)o1. The summed E-state index contributed by atoms with van der Waals surface area (Å²) in [6.07, 6.45) is -0.000177. The number of aromatic amines is 1. The van der Waals surface area contributed by atoms with Gasteiger partial charge in [0, 0.05) is 24.5 Å². The number of pyridine rings is 1. The Balaban J connectivity index is 1.55. The van der Waals surface area contributed by atoms with Crippen molar-refractivity contribution in [1.29, 1.82) is 0 Å². The van der Waals surface area contributed by atoms with Crippen LogP contribution in [-0.4, -0.2) is 25.9 Å². The molecule has 0 saturated carbocycles. The summed E-state index contributed by atoms with van der Waals surface area (Å²) in [5.74, 6) is 1.10. The van der Waals surface area contributed by atoms with E-state index in [1.807, 2.05) is 6.92 Å². The second-order valence-electron chi connectivity index (χ2n) is 6.01. The van der Waals surface area contributed by atoms with Crippen LogP contribution in [0.4, 0.5) is 0 Å². The van der Waals surface area contributed by atoms with Gasteiger partial charge in [-0.25, -0.2) is 13.1 Å². The predicted octanol–water partition coefficient (Wildman–Crippen LogP) is 1.41. The van der Waals surface area contributed by atoms with Crippen molar-refractivity contribution in [3.8, 4) is 0 Å². The molecule has 0 fully saturated rings. The van der Waals surface area contributed by atoms with Gasteiger partial charge in [0.15, 0.2) is 0 Å². The Morgan fingerprint density at radius 1 is 1.15 bits per heavy atom. The highest BCUT2D eigenvalue weighted by atomic mass is 32.2. The molecule has 0 saturated heterocycles. The molecule has 3 rings (SSSR count). The van der Waals surface area contributed by atoms with Crippen molar-refractivity contribution in [3.63, 3.8) is 0 Å². The monoisotopic (exact) mass is 389 g/mol. The third-order valence-corrected chi connectivity index (χ3v) is 5.36. The number of H-pyrrole nitrogens is 1. The second kappa shape index (κ2) is 7.77. The van der Waals surface area contributed by atoms with Crippen LogP contribution < -0.4 is 15.6 Å². The van der Waals surface area contributed by atoms with Gasteiger partial charge in [0.05, 0.1) is 11.4 Å². The third kappa shape index (κ3) is 4.83. The number of carbonyl (C=O) groups is 1. The number of amides is 1. The topological polar surface area (TPSA) is 121 Å². The first-order valence-corrected chi connectivity index (χ1v) is 9.76. The van der Waals surface area contributed by atoms with Gasteiger partial charge in [-0.3, -0.25) is 9.59 Å². The minimum atomic E-state index is -3.76. The normalized spacial score (nSPS) is 11.6. The number of aromatic nitrogens is 1. The van der Waals surface area contributed by atoms with E-state index in [0.717, 1.165) is 5.76 Å². The molecule has 0 aliphatic rings. The van der Waals surface area contributed by atoms with Crippen LogP contribution >= 0.6 is 0 Å². The molecule has 0 radical (unpaired) electrons. The Hall–Kier alpha value is -2.91. The maximum absolute atomic E-state index is 12.4. The molecule has 0 bridgehead atoms. The molecule has 2 heterocycles. The summed E-state index contributed by atoms with van der Waals surface area (Å²) >= 11 is 0. The van der Waals surface area contributed by atoms with Crippen LogP contribution in [0.15, 0.2) is 56.6 Å². The molecule has 1 aromatic carbocycles. The van der Waals surface area contributed by atoms with E-state index < -0.39 is 10.0 Å². The molecule has 8 nitrogen and oxygen atoms in total. The molecule has 9 heteroatoms. The van der Waals surface area contributed by atoms with E-state index in [1.54, 1.807) is 18.2 Å². The van der Waals surface area contributed by atoms with Crippen LogP contribution in [0, 0.1) is 6.92 Å². The summed E-state index contributed by atoms with van der Waals surface area (Å²) in [5.41, 5.74) is 0.293. The van der Waals surface area contributed by atoms with Crippen molar-refractivity contribution in [1.82, 2.24) is 15.0 Å². The standard InChI is InChI=1S/C18H19N3O5S/c1-12-2-4-14(26-12)11-19-17(22)8-9-20-27(24,25)15-5-6-16-13(10-15)3-7-18(23)21-16/h2-7,10,20H,8-9,11H2,1H3,(H,19,22)(H,21,23). The van der Waals surface area contributed by atoms with E-state index in [0.29, 0.717) is 16.7 Å². The van der Waals surface area contributed by atoms with Gasteiger partial charge in [-0.2, -0.15) is 0 Å². The maximum Gasteiger partial charge on any atom is 0.248 e. The first-order valence-electron chi connectivity index (χ1n) is 8.28. The Morgan fingerprint density at radius 3 is 2.70 bits per heavy atom. The quantitative estimate of drug-likeness (QED) is 0.564. The lowest BCUT2D eigenvalue weighted by Gasteiger charge is -2.08. The van der Waals surface area contributed by atoms with E-state index in [9.17, 15) is 18.0 Å². The fraction of sp³-hybridized carbons (Fsp3) is 0.222. The maximum atomic E-state index is 12.4. The average molecular weight is 389 g/mol. The zero-order chi connectivity index (χ0) is 19.4. The Labute approximate surface area is 155 Å². The number of nitrogens with one attached hydrogen (secondary N) is 3. The predicted molar refractivity (Wildman–Crippen MR) is 99.7 cm³/mol. The number of furan rings is 1. The number of hydrogen-bond acceptors (Lipinski definition) is 5. The lowest BCUT2D eigenvalue weighted by atomic mass is 10.2. The van der Waals surface area contributed by atoms with Crippen LogP contribution in [0.1, 0.15) is 17.9 Å². The number of hydrogen-bond donors (Lipinski definition) is 3. The molecule has 2 aromatic heterocycles. The van der Waals surface area contributed by atoms with Crippen molar-refractivity contribution in [2.24, 2.45) is 0 Å². The molecular formula is C18H19N3O5S. The summed E-state index contributed by atoms with van der Waals surface area (Å²) in [4.78, 5) is 25.8. The number of benzene rings is 1. The molecule has 0 atom stereocenters. The first-order chi connectivity index (χ1) is 12.8. The molecule has 0 unspecified atom stereocenters. The van der Waals surface area contributed by atoms with Gasteiger partial charge in [0.2, 0.25) is 21.5 Å². The molecule has 3 aromatic rings. The lowest BCUT2D eigenvalue weighted by Crippen LogP contribution is -2.30. The zero-order valence-corrected chi connectivity index (χ0v) is 15.4. The molecule has 0 spiro atoms. The molecule has 0 aliphatic carbocycles. The summed E-state index contributed by atoms with van der Waals surface area (Å²) in [7, 11) is -3.76. The highest BCUT2D eigenvalue weighted by molar-refractivity contribution is 7.89. The van der Waals surface area contributed by atoms with E-state index in [-0.39, 0.29) is 35.9 Å². The molecule has 0 aliphatic heterocycles. The fourth-order valence-electron chi connectivity index (χ4n) is 2.54. The molecule has 27 heavy (non-hydrogen) atoms. The summed E-state index contributed by atoms with van der Waals surface area (Å²) < 4.78 is 32.5. The molecule has 1 amide bonds. The van der Waals surface area contributed by atoms with E-state index in [4.69, 9.17) is 4.42 Å². The number of fused-ring (bicyclic) bond motifs is 1. The molecule has 142 valence electrons. The molecule has 3 N–H and O–H groups in total. The highest BCUT2D eigenvalue weighted by Gasteiger charge is 2.15. The Kier molecular flexibility index (Phi) is 5.43. The highest BCUT2D eigenvalue weighted by Crippen LogP contribution is 2.16. The van der Waals surface area contributed by atoms with Crippen LogP contribution in [0.2, 0.25) is 0 Å². The summed E-state index contributed by atoms with van der Waals surface area (Å²) in [6.45, 7) is 2.03. The van der Waals surface area contributed by atoms with Gasteiger partial charge in [0.1, 0.15) is 11.5 Å². The minimum absolute atomic E-state index is 0.000177. The number of aryl methyl sites for hydroxylation is 1. The fourth-order valence-corrected chi connectivity index (χ4v) is 3.60. The van der Waals surface area contributed by atoms with Gasteiger partial charge >= 0.3 is 0 Å². The van der Waals surface area contributed by atoms with Gasteiger partial charge in [-0.15, -0.1) is 0 Å². The first kappa shape index (κ1) is 18.9. The number of carbonyl (C=O) groups excluding carboxylic acids is 1. The van der Waals surface area contributed by atoms with Gasteiger partial charge in [-0.05, 0) is 48.7 Å². The Morgan fingerprint density at radius 2 is 1.96 bits per heavy atom. The van der Waals surface area contributed by atoms with E-state index in [1.165, 1.54) is 24.3 Å². The van der Waals surface area contributed by atoms with Gasteiger partial charge in [-0.1, -0.05) is 0 Å². The minimum Gasteiger partial charge on any atom is -0.465 e. The summed E-state index contributed by atoms with van der Waals surface area (Å²) in [6, 6.07) is 10.9. The second-order valence-corrected chi connectivity index (χ2v) is 7.78. The average Bonchev–Trinajstić information content (AvgIpc) is 3.04. The van der Waals surface area contributed by atoms with Crippen LogP contribution in [0.25, 0.3) is 10.9 Å². The Bertz CT molecular complexity index is 1130. The van der Waals surface area contributed by atoms with Crippen molar-refractivity contribution in [2.45, 2.75) is 24.8 Å². The third-order valence-electron chi connectivity index (χ3n) is 3.91. The molecular weight excluding hydrogens is 370 g/mol. The summed E-state index contributed by atoms with van der Waals surface area (Å²) in [5, 5.41) is 3.27.